The summed E-state index contributed by atoms with van der Waals surface area (Å²) in [6.45, 7) is 1.77. The highest BCUT2D eigenvalue weighted by atomic mass is 32.2. The first-order valence-corrected chi connectivity index (χ1v) is 5.65. The van der Waals surface area contributed by atoms with Crippen LogP contribution in [0.3, 0.4) is 0 Å². The van der Waals surface area contributed by atoms with Gasteiger partial charge in [0.05, 0.1) is 12.2 Å². The third kappa shape index (κ3) is 2.40. The molecule has 1 saturated carbocycles. The van der Waals surface area contributed by atoms with Gasteiger partial charge >= 0.3 is 0 Å². The summed E-state index contributed by atoms with van der Waals surface area (Å²) in [5.41, 5.74) is 0. The predicted octanol–water partition coefficient (Wildman–Crippen LogP) is -0.605. The molecule has 3 N–H and O–H groups in total. The Morgan fingerprint density at radius 1 is 1.23 bits per heavy atom. The maximum Gasteiger partial charge on any atom is 0.270 e. The lowest BCUT2D eigenvalue weighted by Gasteiger charge is -2.33. The van der Waals surface area contributed by atoms with Crippen LogP contribution in [-0.4, -0.2) is 40.6 Å². The summed E-state index contributed by atoms with van der Waals surface area (Å²) in [6.07, 6.45) is -1.87. The van der Waals surface area contributed by atoms with Gasteiger partial charge < -0.3 is 10.2 Å². The Labute approximate surface area is 77.1 Å². The van der Waals surface area contributed by atoms with Crippen LogP contribution >= 0.6 is 0 Å². The van der Waals surface area contributed by atoms with Crippen LogP contribution in [0.2, 0.25) is 0 Å². The molecule has 0 amide bonds. The highest BCUT2D eigenvalue weighted by molar-refractivity contribution is 7.86. The fourth-order valence-electron chi connectivity index (χ4n) is 1.73. The molecule has 13 heavy (non-hydrogen) atoms. The SMILES string of the molecule is CC1CC(O)C(O)C(S(=O)(=O)O)C1. The zero-order valence-corrected chi connectivity index (χ0v) is 8.11. The van der Waals surface area contributed by atoms with E-state index >= 15 is 0 Å². The van der Waals surface area contributed by atoms with Crippen molar-refractivity contribution in [2.45, 2.75) is 37.2 Å². The van der Waals surface area contributed by atoms with Crippen molar-refractivity contribution in [3.8, 4) is 0 Å². The Balaban J connectivity index is 2.84. The fraction of sp³-hybridized carbons (Fsp3) is 1.00. The minimum Gasteiger partial charge on any atom is -0.390 e. The van der Waals surface area contributed by atoms with E-state index in [1.54, 1.807) is 6.92 Å². The predicted molar refractivity (Wildman–Crippen MR) is 45.7 cm³/mol. The van der Waals surface area contributed by atoms with Crippen molar-refractivity contribution in [1.82, 2.24) is 0 Å². The van der Waals surface area contributed by atoms with Gasteiger partial charge in [-0.15, -0.1) is 0 Å². The van der Waals surface area contributed by atoms with Gasteiger partial charge in [0.25, 0.3) is 10.1 Å². The molecular formula is C7H14O5S. The van der Waals surface area contributed by atoms with Crippen molar-refractivity contribution in [3.63, 3.8) is 0 Å². The number of hydrogen-bond donors (Lipinski definition) is 3. The summed E-state index contributed by atoms with van der Waals surface area (Å²) < 4.78 is 30.3. The summed E-state index contributed by atoms with van der Waals surface area (Å²) in [7, 11) is -4.25. The molecule has 78 valence electrons. The molecule has 0 aromatic heterocycles. The van der Waals surface area contributed by atoms with E-state index in [9.17, 15) is 18.6 Å². The molecule has 0 bridgehead atoms. The maximum atomic E-state index is 10.8. The highest BCUT2D eigenvalue weighted by Gasteiger charge is 2.40. The lowest BCUT2D eigenvalue weighted by Crippen LogP contribution is -2.47. The van der Waals surface area contributed by atoms with E-state index in [0.29, 0.717) is 6.42 Å². The number of aliphatic hydroxyl groups is 2. The molecule has 1 aliphatic carbocycles. The first-order chi connectivity index (χ1) is 5.82. The van der Waals surface area contributed by atoms with Crippen molar-refractivity contribution in [3.05, 3.63) is 0 Å². The van der Waals surface area contributed by atoms with Gasteiger partial charge in [-0.3, -0.25) is 4.55 Å². The molecule has 1 rings (SSSR count). The third-order valence-corrected chi connectivity index (χ3v) is 3.67. The quantitative estimate of drug-likeness (QED) is 0.502. The van der Waals surface area contributed by atoms with Crippen molar-refractivity contribution < 1.29 is 23.2 Å². The van der Waals surface area contributed by atoms with Crippen LogP contribution in [0.5, 0.6) is 0 Å². The summed E-state index contributed by atoms with van der Waals surface area (Å²) in [5.74, 6) is -0.00896. The molecule has 5 nitrogen and oxygen atoms in total. The second kappa shape index (κ2) is 3.53. The van der Waals surface area contributed by atoms with Gasteiger partial charge in [0.2, 0.25) is 0 Å². The maximum absolute atomic E-state index is 10.8. The molecule has 4 unspecified atom stereocenters. The van der Waals surface area contributed by atoms with E-state index in [0.717, 1.165) is 0 Å². The number of aliphatic hydroxyl groups excluding tert-OH is 2. The van der Waals surface area contributed by atoms with Gasteiger partial charge in [0, 0.05) is 0 Å². The van der Waals surface area contributed by atoms with Crippen molar-refractivity contribution in [1.29, 1.82) is 0 Å². The van der Waals surface area contributed by atoms with Crippen LogP contribution in [0.15, 0.2) is 0 Å². The Hall–Kier alpha value is -0.170. The Morgan fingerprint density at radius 2 is 1.77 bits per heavy atom. The molecule has 4 atom stereocenters. The third-order valence-electron chi connectivity index (χ3n) is 2.44. The first-order valence-electron chi connectivity index (χ1n) is 4.15. The van der Waals surface area contributed by atoms with Crippen LogP contribution in [0.25, 0.3) is 0 Å². The molecule has 1 fully saturated rings. The van der Waals surface area contributed by atoms with Gasteiger partial charge in [-0.25, -0.2) is 0 Å². The Kier molecular flexibility index (Phi) is 2.96. The van der Waals surface area contributed by atoms with Crippen LogP contribution < -0.4 is 0 Å². The second-order valence-electron chi connectivity index (χ2n) is 3.69. The Bertz CT molecular complexity index is 273. The minimum absolute atomic E-state index is 0.00896. The normalized spacial score (nSPS) is 41.8. The molecule has 1 aliphatic rings. The van der Waals surface area contributed by atoms with E-state index < -0.39 is 27.6 Å². The lowest BCUT2D eigenvalue weighted by atomic mass is 9.86. The zero-order valence-electron chi connectivity index (χ0n) is 7.29. The second-order valence-corrected chi connectivity index (χ2v) is 5.32. The topological polar surface area (TPSA) is 94.8 Å². The lowest BCUT2D eigenvalue weighted by molar-refractivity contribution is -0.0213. The smallest absolute Gasteiger partial charge is 0.270 e. The molecular weight excluding hydrogens is 196 g/mol. The number of hydrogen-bond acceptors (Lipinski definition) is 4. The molecule has 0 aromatic rings. The molecule has 0 heterocycles. The summed E-state index contributed by atoms with van der Waals surface area (Å²) in [5, 5.41) is 17.3. The van der Waals surface area contributed by atoms with Crippen molar-refractivity contribution in [2.24, 2.45) is 5.92 Å². The van der Waals surface area contributed by atoms with E-state index in [4.69, 9.17) is 4.55 Å². The molecule has 0 radical (unpaired) electrons. The van der Waals surface area contributed by atoms with E-state index in [1.165, 1.54) is 0 Å². The van der Waals surface area contributed by atoms with Crippen molar-refractivity contribution in [2.75, 3.05) is 0 Å². The summed E-state index contributed by atoms with van der Waals surface area (Å²) in [4.78, 5) is 0. The fourth-order valence-corrected chi connectivity index (χ4v) is 2.83. The Morgan fingerprint density at radius 3 is 2.23 bits per heavy atom. The molecule has 0 aromatic carbocycles. The van der Waals surface area contributed by atoms with Gasteiger partial charge in [0.15, 0.2) is 0 Å². The average Bonchev–Trinajstić information content (AvgIpc) is 1.94. The molecule has 0 saturated heterocycles. The van der Waals surface area contributed by atoms with Crippen LogP contribution in [-0.2, 0) is 10.1 Å². The number of rotatable bonds is 1. The standard InChI is InChI=1S/C7H14O5S/c1-4-2-5(8)7(9)6(3-4)13(10,11)12/h4-9H,2-3H2,1H3,(H,10,11,12). The molecule has 0 aliphatic heterocycles. The van der Waals surface area contributed by atoms with E-state index in [2.05, 4.69) is 0 Å². The minimum atomic E-state index is -4.25. The average molecular weight is 210 g/mol. The first kappa shape index (κ1) is 10.9. The molecule has 0 spiro atoms. The van der Waals surface area contributed by atoms with E-state index in [1.807, 2.05) is 0 Å². The largest absolute Gasteiger partial charge is 0.390 e. The summed E-state index contributed by atoms with van der Waals surface area (Å²) in [6, 6.07) is 0. The van der Waals surface area contributed by atoms with Gasteiger partial charge in [-0.1, -0.05) is 6.92 Å². The monoisotopic (exact) mass is 210 g/mol. The van der Waals surface area contributed by atoms with Crippen LogP contribution in [0.4, 0.5) is 0 Å². The van der Waals surface area contributed by atoms with Crippen LogP contribution in [0.1, 0.15) is 19.8 Å². The summed E-state index contributed by atoms with van der Waals surface area (Å²) >= 11 is 0. The highest BCUT2D eigenvalue weighted by Crippen LogP contribution is 2.28. The van der Waals surface area contributed by atoms with Gasteiger partial charge in [-0.2, -0.15) is 8.42 Å². The van der Waals surface area contributed by atoms with Gasteiger partial charge in [0.1, 0.15) is 5.25 Å². The molecule has 6 heteroatoms. The zero-order chi connectivity index (χ0) is 10.2. The van der Waals surface area contributed by atoms with E-state index in [-0.39, 0.29) is 12.3 Å². The van der Waals surface area contributed by atoms with Crippen LogP contribution in [0, 0.1) is 5.92 Å². The van der Waals surface area contributed by atoms with Gasteiger partial charge in [-0.05, 0) is 18.8 Å². The van der Waals surface area contributed by atoms with Crippen molar-refractivity contribution >= 4 is 10.1 Å².